The van der Waals surface area contributed by atoms with Gasteiger partial charge in [-0.05, 0) is 19.3 Å². The van der Waals surface area contributed by atoms with Crippen molar-refractivity contribution < 1.29 is 0 Å². The summed E-state index contributed by atoms with van der Waals surface area (Å²) in [5.41, 5.74) is 8.76. The number of nitrogens with two attached hydrogens (primary N) is 1. The molecule has 13 heavy (non-hydrogen) atoms. The molecule has 2 N–H and O–H groups in total. The van der Waals surface area contributed by atoms with Crippen LogP contribution >= 0.6 is 0 Å². The Morgan fingerprint density at radius 1 is 1.54 bits per heavy atom. The molecule has 0 aliphatic heterocycles. The number of hydrogen-bond donors (Lipinski definition) is 1. The molecule has 72 valence electrons. The molecule has 0 amide bonds. The van der Waals surface area contributed by atoms with E-state index < -0.39 is 0 Å². The van der Waals surface area contributed by atoms with E-state index >= 15 is 0 Å². The summed E-state index contributed by atoms with van der Waals surface area (Å²) in [6.45, 7) is 4.41. The van der Waals surface area contributed by atoms with Crippen molar-refractivity contribution in [1.29, 1.82) is 0 Å². The molecule has 1 aliphatic rings. The van der Waals surface area contributed by atoms with Crippen LogP contribution in [0.15, 0.2) is 0 Å². The number of hydrogen-bond acceptors (Lipinski definition) is 2. The van der Waals surface area contributed by atoms with Gasteiger partial charge in [0.25, 0.3) is 0 Å². The van der Waals surface area contributed by atoms with Crippen LogP contribution in [0, 0.1) is 0 Å². The van der Waals surface area contributed by atoms with E-state index in [1.807, 2.05) is 7.05 Å². The highest BCUT2D eigenvalue weighted by Gasteiger charge is 2.43. The highest BCUT2D eigenvalue weighted by molar-refractivity contribution is 5.47. The molecule has 2 rings (SSSR count). The predicted molar refractivity (Wildman–Crippen MR) is 53.6 cm³/mol. The minimum absolute atomic E-state index is 0.334. The minimum Gasteiger partial charge on any atom is -0.384 e. The molecule has 0 spiro atoms. The topological polar surface area (TPSA) is 43.8 Å². The van der Waals surface area contributed by atoms with Crippen LogP contribution in [-0.4, -0.2) is 9.78 Å². The van der Waals surface area contributed by atoms with Gasteiger partial charge >= 0.3 is 0 Å². The number of aryl methyl sites for hydroxylation is 1. The molecule has 1 fully saturated rings. The monoisotopic (exact) mass is 179 g/mol. The van der Waals surface area contributed by atoms with Crippen LogP contribution in [0.5, 0.6) is 0 Å². The zero-order chi connectivity index (χ0) is 9.64. The molecule has 1 aromatic heterocycles. The maximum atomic E-state index is 5.94. The Hall–Kier alpha value is -0.990. The van der Waals surface area contributed by atoms with Gasteiger partial charge in [-0.1, -0.05) is 13.8 Å². The highest BCUT2D eigenvalue weighted by Crippen LogP contribution is 2.48. The van der Waals surface area contributed by atoms with Gasteiger partial charge in [0, 0.05) is 18.0 Å². The fourth-order valence-electron chi connectivity index (χ4n) is 1.84. The summed E-state index contributed by atoms with van der Waals surface area (Å²) < 4.78 is 1.80. The molecule has 1 aromatic rings. The van der Waals surface area contributed by atoms with Crippen LogP contribution in [0.25, 0.3) is 0 Å². The van der Waals surface area contributed by atoms with Crippen molar-refractivity contribution in [2.75, 3.05) is 5.73 Å². The van der Waals surface area contributed by atoms with Crippen LogP contribution in [0.2, 0.25) is 0 Å². The van der Waals surface area contributed by atoms with Crippen molar-refractivity contribution in [2.45, 2.75) is 38.5 Å². The molecule has 0 radical (unpaired) electrons. The third kappa shape index (κ3) is 1.14. The maximum absolute atomic E-state index is 5.94. The van der Waals surface area contributed by atoms with Crippen LogP contribution < -0.4 is 5.73 Å². The lowest BCUT2D eigenvalue weighted by molar-refractivity contribution is 0.682. The molecule has 1 saturated carbocycles. The molecule has 3 nitrogen and oxygen atoms in total. The Morgan fingerprint density at radius 3 is 2.62 bits per heavy atom. The Balaban J connectivity index is 2.51. The van der Waals surface area contributed by atoms with Gasteiger partial charge in [0.2, 0.25) is 0 Å². The second kappa shape index (κ2) is 2.50. The second-order valence-corrected chi connectivity index (χ2v) is 4.25. The van der Waals surface area contributed by atoms with Crippen LogP contribution in [-0.2, 0) is 18.9 Å². The Labute approximate surface area is 78.9 Å². The fraction of sp³-hybridized carbons (Fsp3) is 0.700. The summed E-state index contributed by atoms with van der Waals surface area (Å²) in [4.78, 5) is 0. The number of nitrogen functional groups attached to an aromatic ring is 1. The van der Waals surface area contributed by atoms with Gasteiger partial charge in [-0.15, -0.1) is 0 Å². The summed E-state index contributed by atoms with van der Waals surface area (Å²) in [6, 6.07) is 0. The fourth-order valence-corrected chi connectivity index (χ4v) is 1.84. The predicted octanol–water partition coefficient (Wildman–Crippen LogP) is 1.62. The van der Waals surface area contributed by atoms with Crippen LogP contribution in [0.1, 0.15) is 37.9 Å². The van der Waals surface area contributed by atoms with E-state index in [2.05, 4.69) is 18.9 Å². The van der Waals surface area contributed by atoms with Gasteiger partial charge in [0.05, 0.1) is 5.69 Å². The van der Waals surface area contributed by atoms with E-state index in [9.17, 15) is 0 Å². The van der Waals surface area contributed by atoms with Gasteiger partial charge in [-0.2, -0.15) is 5.10 Å². The van der Waals surface area contributed by atoms with Gasteiger partial charge in [-0.3, -0.25) is 4.68 Å². The first kappa shape index (κ1) is 8.60. The molecular weight excluding hydrogens is 162 g/mol. The zero-order valence-electron chi connectivity index (χ0n) is 8.59. The molecule has 0 bridgehead atoms. The number of rotatable bonds is 2. The molecule has 1 heterocycles. The smallest absolute Gasteiger partial charge is 0.124 e. The first-order chi connectivity index (χ1) is 6.08. The number of anilines is 1. The van der Waals surface area contributed by atoms with Gasteiger partial charge in [0.15, 0.2) is 0 Å². The van der Waals surface area contributed by atoms with Crippen molar-refractivity contribution in [1.82, 2.24) is 9.78 Å². The summed E-state index contributed by atoms with van der Waals surface area (Å²) in [5, 5.41) is 4.51. The van der Waals surface area contributed by atoms with Crippen LogP contribution in [0.4, 0.5) is 5.82 Å². The van der Waals surface area contributed by atoms with Gasteiger partial charge in [-0.25, -0.2) is 0 Å². The van der Waals surface area contributed by atoms with E-state index in [0.717, 1.165) is 12.2 Å². The lowest BCUT2D eigenvalue weighted by Gasteiger charge is -2.05. The molecule has 0 saturated heterocycles. The summed E-state index contributed by atoms with van der Waals surface area (Å²) >= 11 is 0. The maximum Gasteiger partial charge on any atom is 0.124 e. The van der Waals surface area contributed by atoms with Crippen molar-refractivity contribution in [3.63, 3.8) is 0 Å². The van der Waals surface area contributed by atoms with Crippen LogP contribution in [0.3, 0.4) is 0 Å². The average molecular weight is 179 g/mol. The van der Waals surface area contributed by atoms with Gasteiger partial charge in [0.1, 0.15) is 5.82 Å². The third-order valence-electron chi connectivity index (χ3n) is 3.12. The first-order valence-corrected chi connectivity index (χ1v) is 4.90. The third-order valence-corrected chi connectivity index (χ3v) is 3.12. The summed E-state index contributed by atoms with van der Waals surface area (Å²) in [5.74, 6) is 0.839. The van der Waals surface area contributed by atoms with E-state index in [1.54, 1.807) is 4.68 Å². The zero-order valence-corrected chi connectivity index (χ0v) is 8.59. The standard InChI is InChI=1S/C10H17N3/c1-4-7-8(10(2)5-6-10)12-13(3)9(7)11/h4-6,11H2,1-3H3. The normalized spacial score (nSPS) is 19.0. The van der Waals surface area contributed by atoms with Crippen molar-refractivity contribution in [3.05, 3.63) is 11.3 Å². The number of nitrogens with zero attached hydrogens (tertiary/aromatic N) is 2. The summed E-state index contributed by atoms with van der Waals surface area (Å²) in [6.07, 6.45) is 3.51. The second-order valence-electron chi connectivity index (χ2n) is 4.25. The minimum atomic E-state index is 0.334. The molecule has 0 atom stereocenters. The quantitative estimate of drug-likeness (QED) is 0.749. The lowest BCUT2D eigenvalue weighted by Crippen LogP contribution is -2.04. The van der Waals surface area contributed by atoms with Crippen molar-refractivity contribution in [2.24, 2.45) is 7.05 Å². The van der Waals surface area contributed by atoms with Crippen molar-refractivity contribution >= 4 is 5.82 Å². The highest BCUT2D eigenvalue weighted by atomic mass is 15.3. The molecule has 1 aliphatic carbocycles. The Bertz CT molecular complexity index is 334. The van der Waals surface area contributed by atoms with E-state index in [0.29, 0.717) is 5.41 Å². The molecular formula is C10H17N3. The number of aromatic nitrogens is 2. The first-order valence-electron chi connectivity index (χ1n) is 4.90. The molecule has 3 heteroatoms. The Kier molecular flexibility index (Phi) is 1.65. The van der Waals surface area contributed by atoms with E-state index in [-0.39, 0.29) is 0 Å². The van der Waals surface area contributed by atoms with E-state index in [1.165, 1.54) is 24.1 Å². The molecule has 0 aromatic carbocycles. The Morgan fingerprint density at radius 2 is 2.15 bits per heavy atom. The largest absolute Gasteiger partial charge is 0.384 e. The SMILES string of the molecule is CCc1c(C2(C)CC2)nn(C)c1N. The average Bonchev–Trinajstić information content (AvgIpc) is 2.76. The van der Waals surface area contributed by atoms with E-state index in [4.69, 9.17) is 5.73 Å². The molecule has 0 unspecified atom stereocenters. The van der Waals surface area contributed by atoms with Gasteiger partial charge < -0.3 is 5.73 Å². The lowest BCUT2D eigenvalue weighted by atomic mass is 10.00. The van der Waals surface area contributed by atoms with Crippen molar-refractivity contribution in [3.8, 4) is 0 Å². The summed E-state index contributed by atoms with van der Waals surface area (Å²) in [7, 11) is 1.92.